The molecule has 5 rings (SSSR count). The average molecular weight is 471 g/mol. The summed E-state index contributed by atoms with van der Waals surface area (Å²) in [4.78, 5) is 21.7. The summed E-state index contributed by atoms with van der Waals surface area (Å²) in [5, 5.41) is 19.4. The summed E-state index contributed by atoms with van der Waals surface area (Å²) in [6, 6.07) is 10.4. The maximum absolute atomic E-state index is 15.1. The second-order valence-electron chi connectivity index (χ2n) is 9.21. The fourth-order valence-electron chi connectivity index (χ4n) is 3.96. The molecule has 35 heavy (non-hydrogen) atoms. The van der Waals surface area contributed by atoms with Gasteiger partial charge in [-0.2, -0.15) is 14.9 Å². The standard InChI is InChI=1S/C26H23FN6O2/c1-26(2,3)18-11-17-14-30-33(25(35)23(17)20(27)12-18)24-19(15-34)22(6-9-29-24)32-10-7-21(31-32)16-5-4-8-28-13-16/h4-14,34H,15H2,1-3H3. The lowest BCUT2D eigenvalue weighted by molar-refractivity contribution is 0.280. The summed E-state index contributed by atoms with van der Waals surface area (Å²) in [6.07, 6.45) is 8.06. The fourth-order valence-corrected chi connectivity index (χ4v) is 3.96. The molecular weight excluding hydrogens is 447 g/mol. The molecular formula is C26H23FN6O2. The van der Waals surface area contributed by atoms with E-state index in [1.807, 2.05) is 39.0 Å². The quantitative estimate of drug-likeness (QED) is 0.427. The van der Waals surface area contributed by atoms with Gasteiger partial charge in [0.25, 0.3) is 5.56 Å². The smallest absolute Gasteiger partial charge is 0.283 e. The second kappa shape index (κ2) is 8.52. The SMILES string of the molecule is CC(C)(C)c1cc(F)c2c(=O)n(-c3nccc(-n4ccc(-c5cccnc5)n4)c3CO)ncc2c1. The first kappa shape index (κ1) is 22.5. The number of nitrogens with zero attached hydrogens (tertiary/aromatic N) is 6. The molecule has 0 bridgehead atoms. The summed E-state index contributed by atoms with van der Waals surface area (Å²) in [6.45, 7) is 5.48. The third-order valence-corrected chi connectivity index (χ3v) is 5.87. The number of aliphatic hydroxyl groups is 1. The van der Waals surface area contributed by atoms with Crippen LogP contribution in [0.2, 0.25) is 0 Å². The molecule has 0 unspecified atom stereocenters. The van der Waals surface area contributed by atoms with Gasteiger partial charge in [-0.1, -0.05) is 20.8 Å². The Morgan fingerprint density at radius 3 is 2.63 bits per heavy atom. The van der Waals surface area contributed by atoms with Crippen molar-refractivity contribution in [2.75, 3.05) is 0 Å². The Kier molecular flexibility index (Phi) is 5.49. The highest BCUT2D eigenvalue weighted by Crippen LogP contribution is 2.27. The number of fused-ring (bicyclic) bond motifs is 1. The molecule has 0 spiro atoms. The van der Waals surface area contributed by atoms with E-state index >= 15 is 4.39 Å². The van der Waals surface area contributed by atoms with Crippen molar-refractivity contribution in [1.82, 2.24) is 29.5 Å². The number of hydrogen-bond donors (Lipinski definition) is 1. The van der Waals surface area contributed by atoms with Crippen LogP contribution in [0, 0.1) is 5.82 Å². The number of hydrogen-bond acceptors (Lipinski definition) is 6. The van der Waals surface area contributed by atoms with Crippen LogP contribution in [0.25, 0.3) is 33.5 Å². The van der Waals surface area contributed by atoms with Crippen molar-refractivity contribution in [2.45, 2.75) is 32.8 Å². The van der Waals surface area contributed by atoms with Crippen LogP contribution in [0.15, 0.2) is 72.2 Å². The van der Waals surface area contributed by atoms with Gasteiger partial charge < -0.3 is 5.11 Å². The molecule has 0 aliphatic carbocycles. The zero-order valence-electron chi connectivity index (χ0n) is 19.5. The first-order valence-corrected chi connectivity index (χ1v) is 11.1. The minimum atomic E-state index is -0.656. The number of benzene rings is 1. The van der Waals surface area contributed by atoms with Gasteiger partial charge in [0, 0.05) is 41.3 Å². The van der Waals surface area contributed by atoms with E-state index in [2.05, 4.69) is 20.2 Å². The van der Waals surface area contributed by atoms with Gasteiger partial charge in [0.1, 0.15) is 5.82 Å². The molecule has 1 aromatic carbocycles. The van der Waals surface area contributed by atoms with Crippen LogP contribution in [-0.4, -0.2) is 34.6 Å². The summed E-state index contributed by atoms with van der Waals surface area (Å²) in [5.74, 6) is -0.516. The molecule has 8 nitrogen and oxygen atoms in total. The number of pyridine rings is 2. The number of halogens is 1. The molecule has 0 fully saturated rings. The molecule has 0 aliphatic heterocycles. The van der Waals surface area contributed by atoms with Crippen LogP contribution in [-0.2, 0) is 12.0 Å². The predicted octanol–water partition coefficient (Wildman–Crippen LogP) is 3.96. The average Bonchev–Trinajstić information content (AvgIpc) is 3.34. The Labute approximate surface area is 200 Å². The molecule has 9 heteroatoms. The number of aromatic nitrogens is 6. The summed E-state index contributed by atoms with van der Waals surface area (Å²) < 4.78 is 17.7. The van der Waals surface area contributed by atoms with Crippen molar-refractivity contribution < 1.29 is 9.50 Å². The van der Waals surface area contributed by atoms with Crippen LogP contribution < -0.4 is 5.56 Å². The van der Waals surface area contributed by atoms with E-state index in [-0.39, 0.29) is 16.6 Å². The van der Waals surface area contributed by atoms with Crippen LogP contribution in [0.3, 0.4) is 0 Å². The molecule has 4 aromatic heterocycles. The maximum atomic E-state index is 15.1. The first-order valence-electron chi connectivity index (χ1n) is 11.1. The molecule has 0 radical (unpaired) electrons. The van der Waals surface area contributed by atoms with Crippen LogP contribution >= 0.6 is 0 Å². The first-order chi connectivity index (χ1) is 16.8. The van der Waals surface area contributed by atoms with Crippen LogP contribution in [0.1, 0.15) is 31.9 Å². The lowest BCUT2D eigenvalue weighted by Gasteiger charge is -2.20. The molecule has 1 N–H and O–H groups in total. The lowest BCUT2D eigenvalue weighted by atomic mass is 9.86. The molecule has 0 aliphatic rings. The van der Waals surface area contributed by atoms with Crippen molar-refractivity contribution in [3.05, 3.63) is 94.7 Å². The van der Waals surface area contributed by atoms with E-state index in [9.17, 15) is 9.90 Å². The van der Waals surface area contributed by atoms with Crippen molar-refractivity contribution in [3.8, 4) is 22.8 Å². The summed E-state index contributed by atoms with van der Waals surface area (Å²) >= 11 is 0. The van der Waals surface area contributed by atoms with Gasteiger partial charge in [0.05, 0.1) is 29.6 Å². The Bertz CT molecular complexity index is 1600. The minimum Gasteiger partial charge on any atom is -0.391 e. The fraction of sp³-hybridized carbons (Fsp3) is 0.192. The van der Waals surface area contributed by atoms with E-state index in [4.69, 9.17) is 0 Å². The number of rotatable bonds is 4. The topological polar surface area (TPSA) is 98.7 Å². The Hall–Kier alpha value is -4.24. The van der Waals surface area contributed by atoms with E-state index < -0.39 is 18.0 Å². The third-order valence-electron chi connectivity index (χ3n) is 5.87. The van der Waals surface area contributed by atoms with Gasteiger partial charge in [-0.05, 0) is 47.4 Å². The Morgan fingerprint density at radius 1 is 1.09 bits per heavy atom. The zero-order chi connectivity index (χ0) is 24.7. The van der Waals surface area contributed by atoms with Gasteiger partial charge in [0.15, 0.2) is 5.82 Å². The van der Waals surface area contributed by atoms with Crippen LogP contribution in [0.5, 0.6) is 0 Å². The van der Waals surface area contributed by atoms with Crippen molar-refractivity contribution in [3.63, 3.8) is 0 Å². The lowest BCUT2D eigenvalue weighted by Crippen LogP contribution is -2.25. The predicted molar refractivity (Wildman–Crippen MR) is 130 cm³/mol. The van der Waals surface area contributed by atoms with E-state index in [1.165, 1.54) is 18.5 Å². The van der Waals surface area contributed by atoms with Gasteiger partial charge in [-0.15, -0.1) is 0 Å². The molecule has 4 heterocycles. The maximum Gasteiger partial charge on any atom is 0.283 e. The highest BCUT2D eigenvalue weighted by Gasteiger charge is 2.21. The van der Waals surface area contributed by atoms with E-state index in [0.717, 1.165) is 15.8 Å². The highest BCUT2D eigenvalue weighted by atomic mass is 19.1. The molecule has 0 saturated carbocycles. The number of aliphatic hydroxyl groups excluding tert-OH is 1. The highest BCUT2D eigenvalue weighted by molar-refractivity contribution is 5.82. The van der Waals surface area contributed by atoms with Gasteiger partial charge >= 0.3 is 0 Å². The summed E-state index contributed by atoms with van der Waals surface area (Å²) in [5.41, 5.74) is 2.19. The Balaban J connectivity index is 1.65. The van der Waals surface area contributed by atoms with E-state index in [1.54, 1.807) is 35.4 Å². The van der Waals surface area contributed by atoms with Gasteiger partial charge in [-0.25, -0.2) is 14.1 Å². The van der Waals surface area contributed by atoms with Crippen molar-refractivity contribution in [2.24, 2.45) is 0 Å². The van der Waals surface area contributed by atoms with Gasteiger partial charge in [-0.3, -0.25) is 9.78 Å². The third kappa shape index (κ3) is 4.00. The van der Waals surface area contributed by atoms with E-state index in [0.29, 0.717) is 22.3 Å². The van der Waals surface area contributed by atoms with Gasteiger partial charge in [0.2, 0.25) is 0 Å². The van der Waals surface area contributed by atoms with Crippen molar-refractivity contribution in [1.29, 1.82) is 0 Å². The minimum absolute atomic E-state index is 0.0814. The van der Waals surface area contributed by atoms with Crippen molar-refractivity contribution >= 4 is 10.8 Å². The molecule has 176 valence electrons. The monoisotopic (exact) mass is 470 g/mol. The zero-order valence-corrected chi connectivity index (χ0v) is 19.5. The second-order valence-corrected chi connectivity index (χ2v) is 9.21. The normalized spacial score (nSPS) is 11.8. The summed E-state index contributed by atoms with van der Waals surface area (Å²) in [7, 11) is 0. The van der Waals surface area contributed by atoms with Crippen LogP contribution in [0.4, 0.5) is 4.39 Å². The largest absolute Gasteiger partial charge is 0.391 e. The Morgan fingerprint density at radius 2 is 1.91 bits per heavy atom. The molecule has 0 atom stereocenters. The molecule has 5 aromatic rings. The molecule has 0 amide bonds. The molecule has 0 saturated heterocycles.